The van der Waals surface area contributed by atoms with E-state index < -0.39 is 21.5 Å². The van der Waals surface area contributed by atoms with Crippen molar-refractivity contribution in [3.8, 4) is 17.0 Å². The van der Waals surface area contributed by atoms with Crippen LogP contribution in [-0.2, 0) is 17.1 Å². The Bertz CT molecular complexity index is 1230. The highest BCUT2D eigenvalue weighted by Gasteiger charge is 2.18. The number of sulfonamides is 1. The molecule has 0 radical (unpaired) electrons. The Hall–Kier alpha value is -2.62. The van der Waals surface area contributed by atoms with Crippen molar-refractivity contribution in [2.75, 3.05) is 12.9 Å². The lowest BCUT2D eigenvalue weighted by molar-refractivity contribution is 0.0269. The standard InChI is InChI=1S/C20H22ClN3O5S/c1-20(2,26)11-29-19-16(21)7-13(9-22-19)15-10-24(3)17-8-12(5-6-14(15)17)18(25)23-30(4,27)28/h5-10,26H,11H2,1-4H3,(H,23,25). The number of nitrogens with one attached hydrogen (secondary N) is 1. The summed E-state index contributed by atoms with van der Waals surface area (Å²) in [4.78, 5) is 16.4. The van der Waals surface area contributed by atoms with Gasteiger partial charge in [0, 0.05) is 47.0 Å². The average Bonchev–Trinajstić information content (AvgIpc) is 2.95. The molecule has 3 aromatic rings. The number of aromatic nitrogens is 2. The first kappa shape index (κ1) is 22.1. The Balaban J connectivity index is 1.95. The fourth-order valence-electron chi connectivity index (χ4n) is 2.91. The lowest BCUT2D eigenvalue weighted by atomic mass is 10.0. The molecule has 8 nitrogen and oxygen atoms in total. The van der Waals surface area contributed by atoms with Crippen molar-refractivity contribution in [1.29, 1.82) is 0 Å². The van der Waals surface area contributed by atoms with Gasteiger partial charge in [0.05, 0.1) is 11.9 Å². The minimum Gasteiger partial charge on any atom is -0.474 e. The van der Waals surface area contributed by atoms with E-state index in [2.05, 4.69) is 4.98 Å². The van der Waals surface area contributed by atoms with Crippen molar-refractivity contribution < 1.29 is 23.1 Å². The van der Waals surface area contributed by atoms with Gasteiger partial charge in [0.2, 0.25) is 15.9 Å². The molecule has 0 saturated heterocycles. The molecule has 3 rings (SSSR count). The van der Waals surface area contributed by atoms with Crippen molar-refractivity contribution in [3.05, 3.63) is 47.2 Å². The van der Waals surface area contributed by atoms with Crippen molar-refractivity contribution >= 4 is 38.4 Å². The average molecular weight is 452 g/mol. The number of hydrogen-bond acceptors (Lipinski definition) is 6. The molecular weight excluding hydrogens is 430 g/mol. The first-order chi connectivity index (χ1) is 13.8. The van der Waals surface area contributed by atoms with Gasteiger partial charge < -0.3 is 14.4 Å². The number of rotatable bonds is 6. The lowest BCUT2D eigenvalue weighted by Crippen LogP contribution is -2.29. The number of amides is 1. The van der Waals surface area contributed by atoms with E-state index >= 15 is 0 Å². The summed E-state index contributed by atoms with van der Waals surface area (Å²) >= 11 is 6.31. The maximum absolute atomic E-state index is 12.1. The second-order valence-corrected chi connectivity index (χ2v) is 9.86. The number of benzene rings is 1. The summed E-state index contributed by atoms with van der Waals surface area (Å²) < 4.78 is 31.9. The molecule has 0 unspecified atom stereocenters. The van der Waals surface area contributed by atoms with Gasteiger partial charge in [0.25, 0.3) is 5.91 Å². The number of fused-ring (bicyclic) bond motifs is 1. The molecule has 2 N–H and O–H groups in total. The van der Waals surface area contributed by atoms with Crippen LogP contribution in [0.4, 0.5) is 0 Å². The number of halogens is 1. The van der Waals surface area contributed by atoms with Crippen LogP contribution in [0, 0.1) is 0 Å². The van der Waals surface area contributed by atoms with Gasteiger partial charge in [-0.1, -0.05) is 17.7 Å². The molecule has 1 aromatic carbocycles. The van der Waals surface area contributed by atoms with Crippen LogP contribution in [0.2, 0.25) is 5.02 Å². The second kappa shape index (κ2) is 7.90. The third-order valence-corrected chi connectivity index (χ3v) is 5.04. The molecule has 0 atom stereocenters. The van der Waals surface area contributed by atoms with Crippen LogP contribution in [0.15, 0.2) is 36.7 Å². The van der Waals surface area contributed by atoms with Crippen LogP contribution in [0.1, 0.15) is 24.2 Å². The summed E-state index contributed by atoms with van der Waals surface area (Å²) in [5.41, 5.74) is 1.54. The van der Waals surface area contributed by atoms with Crippen LogP contribution in [0.5, 0.6) is 5.88 Å². The van der Waals surface area contributed by atoms with Gasteiger partial charge in [-0.15, -0.1) is 0 Å². The highest BCUT2D eigenvalue weighted by atomic mass is 35.5. The van der Waals surface area contributed by atoms with Gasteiger partial charge in [-0.3, -0.25) is 4.79 Å². The Morgan fingerprint density at radius 3 is 2.63 bits per heavy atom. The first-order valence-electron chi connectivity index (χ1n) is 8.96. The molecular formula is C20H22ClN3O5S. The monoisotopic (exact) mass is 451 g/mol. The predicted molar refractivity (Wildman–Crippen MR) is 115 cm³/mol. The van der Waals surface area contributed by atoms with Crippen LogP contribution in [0.3, 0.4) is 0 Å². The van der Waals surface area contributed by atoms with Gasteiger partial charge in [-0.25, -0.2) is 18.1 Å². The fraction of sp³-hybridized carbons (Fsp3) is 0.300. The summed E-state index contributed by atoms with van der Waals surface area (Å²) in [5.74, 6) is -0.470. The molecule has 10 heteroatoms. The maximum Gasteiger partial charge on any atom is 0.264 e. The first-order valence-corrected chi connectivity index (χ1v) is 11.2. The Kier molecular flexibility index (Phi) is 5.81. The van der Waals surface area contributed by atoms with Crippen molar-refractivity contribution in [2.24, 2.45) is 7.05 Å². The third kappa shape index (κ3) is 5.10. The van der Waals surface area contributed by atoms with E-state index in [-0.39, 0.29) is 18.1 Å². The quantitative estimate of drug-likeness (QED) is 0.596. The van der Waals surface area contributed by atoms with E-state index in [4.69, 9.17) is 16.3 Å². The Morgan fingerprint density at radius 2 is 2.03 bits per heavy atom. The zero-order valence-electron chi connectivity index (χ0n) is 16.9. The highest BCUT2D eigenvalue weighted by molar-refractivity contribution is 7.89. The van der Waals surface area contributed by atoms with Crippen LogP contribution >= 0.6 is 11.6 Å². The SMILES string of the molecule is Cn1cc(-c2cnc(OCC(C)(C)O)c(Cl)c2)c2ccc(C(=O)NS(C)(=O)=O)cc21. The molecule has 0 aliphatic heterocycles. The molecule has 2 aromatic heterocycles. The number of pyridine rings is 1. The number of aryl methyl sites for hydroxylation is 1. The molecule has 0 fully saturated rings. The van der Waals surface area contributed by atoms with Crippen LogP contribution in [-0.4, -0.2) is 47.4 Å². The minimum absolute atomic E-state index is 0.0473. The second-order valence-electron chi connectivity index (χ2n) is 7.70. The molecule has 0 spiro atoms. The Morgan fingerprint density at radius 1 is 1.33 bits per heavy atom. The van der Waals surface area contributed by atoms with Gasteiger partial charge in [0.1, 0.15) is 11.6 Å². The lowest BCUT2D eigenvalue weighted by Gasteiger charge is -2.17. The summed E-state index contributed by atoms with van der Waals surface area (Å²) in [6.45, 7) is 3.29. The third-order valence-electron chi connectivity index (χ3n) is 4.21. The molecule has 0 aliphatic rings. The number of nitrogens with zero attached hydrogens (tertiary/aromatic N) is 2. The van der Waals surface area contributed by atoms with Crippen LogP contribution in [0.25, 0.3) is 22.0 Å². The van der Waals surface area contributed by atoms with E-state index in [1.807, 2.05) is 22.5 Å². The van der Waals surface area contributed by atoms with E-state index in [0.717, 1.165) is 28.3 Å². The number of aliphatic hydroxyl groups is 1. The minimum atomic E-state index is -3.65. The van der Waals surface area contributed by atoms with Crippen molar-refractivity contribution in [3.63, 3.8) is 0 Å². The Labute approximate surface area is 179 Å². The molecule has 1 amide bonds. The predicted octanol–water partition coefficient (Wildman–Crippen LogP) is 2.73. The molecule has 0 aliphatic carbocycles. The summed E-state index contributed by atoms with van der Waals surface area (Å²) in [7, 11) is -1.83. The molecule has 0 bridgehead atoms. The van der Waals surface area contributed by atoms with Gasteiger partial charge in [-0.05, 0) is 32.0 Å². The number of carbonyl (C=O) groups is 1. The van der Waals surface area contributed by atoms with Crippen LogP contribution < -0.4 is 9.46 Å². The maximum atomic E-state index is 12.1. The highest BCUT2D eigenvalue weighted by Crippen LogP contribution is 2.34. The van der Waals surface area contributed by atoms with E-state index in [1.54, 1.807) is 44.3 Å². The molecule has 160 valence electrons. The fourth-order valence-corrected chi connectivity index (χ4v) is 3.58. The summed E-state index contributed by atoms with van der Waals surface area (Å²) in [5, 5.41) is 10.9. The van der Waals surface area contributed by atoms with Crippen molar-refractivity contribution in [2.45, 2.75) is 19.4 Å². The molecule has 2 heterocycles. The summed E-state index contributed by atoms with van der Waals surface area (Å²) in [6.07, 6.45) is 4.41. The van der Waals surface area contributed by atoms with Gasteiger partial charge >= 0.3 is 0 Å². The number of ether oxygens (including phenoxy) is 1. The normalized spacial score (nSPS) is 12.2. The summed E-state index contributed by atoms with van der Waals surface area (Å²) in [6, 6.07) is 6.64. The number of carbonyl (C=O) groups excluding carboxylic acids is 1. The largest absolute Gasteiger partial charge is 0.474 e. The topological polar surface area (TPSA) is 111 Å². The molecule has 0 saturated carbocycles. The molecule has 30 heavy (non-hydrogen) atoms. The van der Waals surface area contributed by atoms with E-state index in [1.165, 1.54) is 0 Å². The zero-order chi connectivity index (χ0) is 22.3. The van der Waals surface area contributed by atoms with E-state index in [9.17, 15) is 18.3 Å². The van der Waals surface area contributed by atoms with Gasteiger partial charge in [-0.2, -0.15) is 0 Å². The van der Waals surface area contributed by atoms with Crippen molar-refractivity contribution in [1.82, 2.24) is 14.3 Å². The van der Waals surface area contributed by atoms with Gasteiger partial charge in [0.15, 0.2) is 0 Å². The number of hydrogen-bond donors (Lipinski definition) is 2. The zero-order valence-corrected chi connectivity index (χ0v) is 18.5. The smallest absolute Gasteiger partial charge is 0.264 e. The van der Waals surface area contributed by atoms with E-state index in [0.29, 0.717) is 5.02 Å².